The van der Waals surface area contributed by atoms with Crippen LogP contribution in [0.2, 0.25) is 0 Å². The Balaban J connectivity index is 1.83. The maximum absolute atomic E-state index is 14.2. The first kappa shape index (κ1) is 12.9. The molecule has 22 heavy (non-hydrogen) atoms. The van der Waals surface area contributed by atoms with Gasteiger partial charge in [-0.25, -0.2) is 4.39 Å². The van der Waals surface area contributed by atoms with Crippen LogP contribution in [0.5, 0.6) is 0 Å². The summed E-state index contributed by atoms with van der Waals surface area (Å²) in [6.45, 7) is 0.601. The number of halogens is 1. The molecule has 0 aliphatic carbocycles. The second-order valence-corrected chi connectivity index (χ2v) is 5.27. The highest BCUT2D eigenvalue weighted by atomic mass is 19.1. The molecule has 1 aliphatic heterocycles. The number of hydrogen-bond acceptors (Lipinski definition) is 2. The predicted molar refractivity (Wildman–Crippen MR) is 88.4 cm³/mol. The van der Waals surface area contributed by atoms with Gasteiger partial charge in [0.2, 0.25) is 0 Å². The van der Waals surface area contributed by atoms with Crippen molar-refractivity contribution in [3.05, 3.63) is 84.7 Å². The van der Waals surface area contributed by atoms with Crippen LogP contribution in [-0.2, 0) is 0 Å². The zero-order valence-corrected chi connectivity index (χ0v) is 12.0. The fraction of sp³-hybridized carbons (Fsp3) is 0.0526. The van der Waals surface area contributed by atoms with E-state index in [2.05, 4.69) is 23.1 Å². The molecule has 0 bridgehead atoms. The minimum atomic E-state index is -0.202. The first-order chi connectivity index (χ1) is 10.8. The molecule has 1 aliphatic rings. The molecule has 2 nitrogen and oxygen atoms in total. The van der Waals surface area contributed by atoms with E-state index < -0.39 is 0 Å². The van der Waals surface area contributed by atoms with Gasteiger partial charge >= 0.3 is 0 Å². The van der Waals surface area contributed by atoms with Crippen LogP contribution in [0.15, 0.2) is 78.9 Å². The van der Waals surface area contributed by atoms with E-state index in [1.807, 2.05) is 53.4 Å². The van der Waals surface area contributed by atoms with Gasteiger partial charge in [-0.3, -0.25) is 0 Å². The molecule has 108 valence electrons. The lowest BCUT2D eigenvalue weighted by atomic mass is 10.2. The first-order valence-corrected chi connectivity index (χ1v) is 7.28. The van der Waals surface area contributed by atoms with Crippen LogP contribution in [0.1, 0.15) is 0 Å². The predicted octanol–water partition coefficient (Wildman–Crippen LogP) is 5.07. The maximum atomic E-state index is 14.2. The number of para-hydroxylation sites is 4. The lowest BCUT2D eigenvalue weighted by Crippen LogP contribution is -2.24. The fourth-order valence-corrected chi connectivity index (χ4v) is 2.92. The molecular weight excluding hydrogens is 275 g/mol. The van der Waals surface area contributed by atoms with Gasteiger partial charge in [-0.2, -0.15) is 0 Å². The third-order valence-corrected chi connectivity index (χ3v) is 3.96. The zero-order valence-electron chi connectivity index (χ0n) is 12.0. The van der Waals surface area contributed by atoms with Crippen molar-refractivity contribution in [1.29, 1.82) is 0 Å². The van der Waals surface area contributed by atoms with E-state index in [9.17, 15) is 4.39 Å². The van der Waals surface area contributed by atoms with E-state index in [4.69, 9.17) is 0 Å². The lowest BCUT2D eigenvalue weighted by molar-refractivity contribution is 0.626. The van der Waals surface area contributed by atoms with Crippen LogP contribution in [0.25, 0.3) is 0 Å². The number of rotatable bonds is 2. The van der Waals surface area contributed by atoms with Gasteiger partial charge in [0.15, 0.2) is 0 Å². The number of fused-ring (bicyclic) bond motifs is 1. The second kappa shape index (κ2) is 5.19. The molecule has 0 spiro atoms. The van der Waals surface area contributed by atoms with E-state index in [0.29, 0.717) is 12.4 Å². The third-order valence-electron chi connectivity index (χ3n) is 3.96. The summed E-state index contributed by atoms with van der Waals surface area (Å²) in [5.74, 6) is -0.202. The van der Waals surface area contributed by atoms with E-state index in [0.717, 1.165) is 17.1 Å². The van der Waals surface area contributed by atoms with Crippen molar-refractivity contribution in [2.75, 3.05) is 16.5 Å². The molecule has 3 aromatic rings. The third kappa shape index (κ3) is 2.02. The van der Waals surface area contributed by atoms with Crippen LogP contribution in [0, 0.1) is 5.82 Å². The maximum Gasteiger partial charge on any atom is 0.146 e. The summed E-state index contributed by atoms with van der Waals surface area (Å²) in [5.41, 5.74) is 3.83. The monoisotopic (exact) mass is 290 g/mol. The van der Waals surface area contributed by atoms with Gasteiger partial charge in [-0.05, 0) is 36.4 Å². The molecule has 0 radical (unpaired) electrons. The second-order valence-electron chi connectivity index (χ2n) is 5.27. The van der Waals surface area contributed by atoms with Crippen LogP contribution < -0.4 is 9.80 Å². The average molecular weight is 290 g/mol. The average Bonchev–Trinajstić information content (AvgIpc) is 2.96. The van der Waals surface area contributed by atoms with Crippen molar-refractivity contribution in [1.82, 2.24) is 0 Å². The molecule has 0 atom stereocenters. The van der Waals surface area contributed by atoms with Crippen molar-refractivity contribution in [3.8, 4) is 0 Å². The van der Waals surface area contributed by atoms with Crippen molar-refractivity contribution in [2.24, 2.45) is 0 Å². The molecule has 0 saturated heterocycles. The Hall–Kier alpha value is -2.81. The molecule has 0 unspecified atom stereocenters. The molecule has 0 amide bonds. The number of anilines is 4. The molecule has 1 heterocycles. The highest BCUT2D eigenvalue weighted by molar-refractivity contribution is 5.86. The zero-order chi connectivity index (χ0) is 14.9. The smallest absolute Gasteiger partial charge is 0.146 e. The van der Waals surface area contributed by atoms with E-state index in [1.54, 1.807) is 6.07 Å². The molecular formula is C19H15FN2. The van der Waals surface area contributed by atoms with Crippen LogP contribution in [-0.4, -0.2) is 6.67 Å². The normalized spacial score (nSPS) is 13.3. The van der Waals surface area contributed by atoms with Gasteiger partial charge in [0.1, 0.15) is 12.5 Å². The van der Waals surface area contributed by atoms with Gasteiger partial charge in [0.05, 0.1) is 17.1 Å². The molecule has 3 heteroatoms. The summed E-state index contributed by atoms with van der Waals surface area (Å²) < 4.78 is 14.2. The SMILES string of the molecule is Fc1ccccc1N1CN(c2ccccc2)c2ccccc21. The summed E-state index contributed by atoms with van der Waals surface area (Å²) >= 11 is 0. The van der Waals surface area contributed by atoms with Crippen molar-refractivity contribution in [2.45, 2.75) is 0 Å². The topological polar surface area (TPSA) is 6.48 Å². The summed E-state index contributed by atoms with van der Waals surface area (Å²) in [6, 6.07) is 25.2. The van der Waals surface area contributed by atoms with E-state index in [-0.39, 0.29) is 5.82 Å². The molecule has 4 rings (SSSR count). The summed E-state index contributed by atoms with van der Waals surface area (Å²) in [5, 5.41) is 0. The number of nitrogens with zero attached hydrogens (tertiary/aromatic N) is 2. The van der Waals surface area contributed by atoms with Gasteiger partial charge in [0.25, 0.3) is 0 Å². The Kier molecular flexibility index (Phi) is 3.04. The van der Waals surface area contributed by atoms with Gasteiger partial charge in [0, 0.05) is 5.69 Å². The molecule has 0 fully saturated rings. The van der Waals surface area contributed by atoms with E-state index in [1.165, 1.54) is 6.07 Å². The Bertz CT molecular complexity index is 801. The van der Waals surface area contributed by atoms with Crippen LogP contribution in [0.3, 0.4) is 0 Å². The Morgan fingerprint density at radius 3 is 1.82 bits per heavy atom. The van der Waals surface area contributed by atoms with Gasteiger partial charge in [-0.15, -0.1) is 0 Å². The van der Waals surface area contributed by atoms with Gasteiger partial charge in [-0.1, -0.05) is 42.5 Å². The molecule has 0 saturated carbocycles. The van der Waals surface area contributed by atoms with Crippen molar-refractivity contribution in [3.63, 3.8) is 0 Å². The van der Waals surface area contributed by atoms with Crippen LogP contribution >= 0.6 is 0 Å². The molecule has 0 aromatic heterocycles. The standard InChI is InChI=1S/C19H15FN2/c20-16-10-4-5-11-17(16)22-14-21(15-8-2-1-3-9-15)18-12-6-7-13-19(18)22/h1-13H,14H2. The van der Waals surface area contributed by atoms with Gasteiger partial charge < -0.3 is 9.80 Å². The highest BCUT2D eigenvalue weighted by Gasteiger charge is 2.28. The van der Waals surface area contributed by atoms with Crippen LogP contribution in [0.4, 0.5) is 27.1 Å². The highest BCUT2D eigenvalue weighted by Crippen LogP contribution is 2.44. The quantitative estimate of drug-likeness (QED) is 0.650. The lowest BCUT2D eigenvalue weighted by Gasteiger charge is -2.22. The van der Waals surface area contributed by atoms with Crippen molar-refractivity contribution < 1.29 is 4.39 Å². The summed E-state index contributed by atoms with van der Waals surface area (Å²) in [7, 11) is 0. The Labute approximate surface area is 129 Å². The largest absolute Gasteiger partial charge is 0.321 e. The summed E-state index contributed by atoms with van der Waals surface area (Å²) in [6.07, 6.45) is 0. The minimum Gasteiger partial charge on any atom is -0.321 e. The number of hydrogen-bond donors (Lipinski definition) is 0. The first-order valence-electron chi connectivity index (χ1n) is 7.28. The minimum absolute atomic E-state index is 0.202. The molecule has 0 N–H and O–H groups in total. The fourth-order valence-electron chi connectivity index (χ4n) is 2.92. The summed E-state index contributed by atoms with van der Waals surface area (Å²) in [4.78, 5) is 4.21. The number of benzene rings is 3. The molecule has 3 aromatic carbocycles. The van der Waals surface area contributed by atoms with Crippen molar-refractivity contribution >= 4 is 22.7 Å². The Morgan fingerprint density at radius 2 is 1.14 bits per heavy atom. The Morgan fingerprint density at radius 1 is 0.591 bits per heavy atom. The van der Waals surface area contributed by atoms with E-state index >= 15 is 0 Å².